The number of fused-ring (bicyclic) bond motifs is 1. The number of aryl methyl sites for hydroxylation is 1. The van der Waals surface area contributed by atoms with Crippen LogP contribution in [0.4, 0.5) is 5.69 Å². The van der Waals surface area contributed by atoms with E-state index in [1.54, 1.807) is 23.9 Å². The van der Waals surface area contributed by atoms with E-state index in [2.05, 4.69) is 9.82 Å². The van der Waals surface area contributed by atoms with Crippen molar-refractivity contribution in [2.45, 2.75) is 31.7 Å². The maximum absolute atomic E-state index is 12.7. The van der Waals surface area contributed by atoms with Crippen molar-refractivity contribution in [2.75, 3.05) is 4.72 Å². The highest BCUT2D eigenvalue weighted by Crippen LogP contribution is 2.26. The number of nitrogens with one attached hydrogen (secondary N) is 1. The average Bonchev–Trinajstić information content (AvgIpc) is 2.90. The Bertz CT molecular complexity index is 954. The van der Waals surface area contributed by atoms with Gasteiger partial charge < -0.3 is 0 Å². The molecule has 2 aromatic carbocycles. The lowest BCUT2D eigenvalue weighted by Crippen LogP contribution is -2.13. The minimum Gasteiger partial charge on any atom is -0.279 e. The van der Waals surface area contributed by atoms with Gasteiger partial charge in [0.05, 0.1) is 11.4 Å². The van der Waals surface area contributed by atoms with Gasteiger partial charge in [-0.3, -0.25) is 9.40 Å². The third-order valence-corrected chi connectivity index (χ3v) is 5.19. The van der Waals surface area contributed by atoms with E-state index in [4.69, 9.17) is 0 Å². The molecule has 3 aromatic rings. The summed E-state index contributed by atoms with van der Waals surface area (Å²) in [6.07, 6.45) is 1.58. The van der Waals surface area contributed by atoms with Gasteiger partial charge in [0.2, 0.25) is 0 Å². The second-order valence-electron chi connectivity index (χ2n) is 5.78. The van der Waals surface area contributed by atoms with Crippen LogP contribution in [0, 0.1) is 6.92 Å². The van der Waals surface area contributed by atoms with E-state index in [-0.39, 0.29) is 10.9 Å². The molecular weight excluding hydrogens is 310 g/mol. The molecule has 0 aliphatic rings. The molecule has 23 heavy (non-hydrogen) atoms. The van der Waals surface area contributed by atoms with Crippen LogP contribution in [0.15, 0.2) is 53.6 Å². The van der Waals surface area contributed by atoms with Crippen molar-refractivity contribution in [2.24, 2.45) is 0 Å². The summed E-state index contributed by atoms with van der Waals surface area (Å²) in [5.41, 5.74) is 1.06. The Morgan fingerprint density at radius 2 is 1.78 bits per heavy atom. The van der Waals surface area contributed by atoms with Crippen molar-refractivity contribution in [1.29, 1.82) is 0 Å². The van der Waals surface area contributed by atoms with Crippen LogP contribution in [0.5, 0.6) is 0 Å². The molecule has 0 radical (unpaired) electrons. The number of aromatic nitrogens is 2. The Hall–Kier alpha value is -2.34. The number of sulfonamides is 1. The number of nitrogens with zero attached hydrogens (tertiary/aromatic N) is 2. The van der Waals surface area contributed by atoms with Crippen molar-refractivity contribution >= 4 is 26.5 Å². The van der Waals surface area contributed by atoms with Crippen molar-refractivity contribution in [3.8, 4) is 0 Å². The number of rotatable bonds is 4. The predicted octanol–water partition coefficient (Wildman–Crippen LogP) is 3.73. The zero-order chi connectivity index (χ0) is 16.6. The largest absolute Gasteiger partial charge is 0.279 e. The highest BCUT2D eigenvalue weighted by molar-refractivity contribution is 7.92. The van der Waals surface area contributed by atoms with Crippen LogP contribution in [0.3, 0.4) is 0 Å². The lowest BCUT2D eigenvalue weighted by Gasteiger charge is -2.10. The fourth-order valence-corrected chi connectivity index (χ4v) is 3.76. The molecule has 0 saturated carbocycles. The van der Waals surface area contributed by atoms with Gasteiger partial charge in [0.15, 0.2) is 0 Å². The molecule has 0 atom stereocenters. The topological polar surface area (TPSA) is 64.0 Å². The Morgan fingerprint density at radius 3 is 2.48 bits per heavy atom. The lowest BCUT2D eigenvalue weighted by molar-refractivity contribution is 0.528. The second kappa shape index (κ2) is 5.70. The summed E-state index contributed by atoms with van der Waals surface area (Å²) in [4.78, 5) is 0.208. The van der Waals surface area contributed by atoms with Crippen LogP contribution in [-0.4, -0.2) is 18.2 Å². The Labute approximate surface area is 136 Å². The quantitative estimate of drug-likeness (QED) is 0.793. The van der Waals surface area contributed by atoms with E-state index in [0.717, 1.165) is 10.8 Å². The lowest BCUT2D eigenvalue weighted by atomic mass is 10.1. The van der Waals surface area contributed by atoms with Gasteiger partial charge in [-0.1, -0.05) is 36.4 Å². The summed E-state index contributed by atoms with van der Waals surface area (Å²) in [5, 5.41) is 6.13. The zero-order valence-corrected chi connectivity index (χ0v) is 14.1. The first-order valence-electron chi connectivity index (χ1n) is 7.45. The van der Waals surface area contributed by atoms with Crippen molar-refractivity contribution in [1.82, 2.24) is 9.78 Å². The van der Waals surface area contributed by atoms with E-state index in [1.807, 2.05) is 50.2 Å². The molecule has 6 heteroatoms. The minimum absolute atomic E-state index is 0.107. The molecule has 0 saturated heterocycles. The zero-order valence-electron chi connectivity index (χ0n) is 13.3. The van der Waals surface area contributed by atoms with Crippen molar-refractivity contribution in [3.63, 3.8) is 0 Å². The molecule has 1 heterocycles. The second-order valence-corrected chi connectivity index (χ2v) is 7.44. The molecule has 0 bridgehead atoms. The van der Waals surface area contributed by atoms with Crippen molar-refractivity contribution < 1.29 is 8.42 Å². The smallest absolute Gasteiger partial charge is 0.265 e. The van der Waals surface area contributed by atoms with Crippen LogP contribution in [0.2, 0.25) is 0 Å². The van der Waals surface area contributed by atoms with E-state index in [1.165, 1.54) is 0 Å². The van der Waals surface area contributed by atoms with Gasteiger partial charge >= 0.3 is 0 Å². The van der Waals surface area contributed by atoms with Crippen LogP contribution < -0.4 is 4.72 Å². The summed E-state index contributed by atoms with van der Waals surface area (Å²) < 4.78 is 29.8. The molecule has 0 spiro atoms. The summed E-state index contributed by atoms with van der Waals surface area (Å²) in [6.45, 7) is 5.62. The molecule has 0 amide bonds. The Kier molecular flexibility index (Phi) is 3.85. The third-order valence-electron chi connectivity index (χ3n) is 3.72. The molecule has 0 aliphatic carbocycles. The van der Waals surface area contributed by atoms with Crippen LogP contribution in [0.25, 0.3) is 10.8 Å². The first-order chi connectivity index (χ1) is 10.9. The van der Waals surface area contributed by atoms with Gasteiger partial charge in [-0.15, -0.1) is 0 Å². The number of anilines is 1. The monoisotopic (exact) mass is 329 g/mol. The molecule has 0 fully saturated rings. The molecule has 1 N–H and O–H groups in total. The van der Waals surface area contributed by atoms with Gasteiger partial charge in [0.25, 0.3) is 10.0 Å². The number of hydrogen-bond acceptors (Lipinski definition) is 3. The van der Waals surface area contributed by atoms with Crippen molar-refractivity contribution in [3.05, 3.63) is 54.4 Å². The predicted molar refractivity (Wildman–Crippen MR) is 92.1 cm³/mol. The molecule has 3 rings (SSSR count). The summed E-state index contributed by atoms with van der Waals surface area (Å²) in [6, 6.07) is 13.3. The van der Waals surface area contributed by atoms with E-state index >= 15 is 0 Å². The fraction of sp³-hybridized carbons (Fsp3) is 0.235. The fourth-order valence-electron chi connectivity index (χ4n) is 2.51. The standard InChI is InChI=1S/C17H19N3O2S/c1-12(2)20-11-17(13(3)18-20)23(21,22)19-16-10-6-8-14-7-4-5-9-15(14)16/h4-12,19H,1-3H3. The SMILES string of the molecule is Cc1nn(C(C)C)cc1S(=O)(=O)Nc1cccc2ccccc12. The first-order valence-corrected chi connectivity index (χ1v) is 8.93. The van der Waals surface area contributed by atoms with E-state index in [9.17, 15) is 8.42 Å². The first kappa shape index (κ1) is 15.6. The molecule has 0 unspecified atom stereocenters. The molecule has 0 aliphatic heterocycles. The summed E-state index contributed by atoms with van der Waals surface area (Å²) in [5.74, 6) is 0. The minimum atomic E-state index is -3.68. The maximum Gasteiger partial charge on any atom is 0.265 e. The third kappa shape index (κ3) is 2.94. The Morgan fingerprint density at radius 1 is 1.09 bits per heavy atom. The van der Waals surface area contributed by atoms with E-state index in [0.29, 0.717) is 11.4 Å². The highest BCUT2D eigenvalue weighted by Gasteiger charge is 2.21. The highest BCUT2D eigenvalue weighted by atomic mass is 32.2. The summed E-state index contributed by atoms with van der Waals surface area (Å²) in [7, 11) is -3.68. The van der Waals surface area contributed by atoms with Gasteiger partial charge in [0.1, 0.15) is 4.90 Å². The number of benzene rings is 2. The molecule has 120 valence electrons. The molecule has 1 aromatic heterocycles. The summed E-state index contributed by atoms with van der Waals surface area (Å²) >= 11 is 0. The van der Waals surface area contributed by atoms with Gasteiger partial charge in [-0.05, 0) is 32.2 Å². The number of hydrogen-bond donors (Lipinski definition) is 1. The van der Waals surface area contributed by atoms with Gasteiger partial charge in [-0.2, -0.15) is 5.10 Å². The molecule has 5 nitrogen and oxygen atoms in total. The average molecular weight is 329 g/mol. The van der Waals surface area contributed by atoms with Crippen LogP contribution >= 0.6 is 0 Å². The molecular formula is C17H19N3O2S. The van der Waals surface area contributed by atoms with Gasteiger partial charge in [0, 0.05) is 17.6 Å². The van der Waals surface area contributed by atoms with E-state index < -0.39 is 10.0 Å². The van der Waals surface area contributed by atoms with Crippen LogP contribution in [-0.2, 0) is 10.0 Å². The van der Waals surface area contributed by atoms with Crippen LogP contribution in [0.1, 0.15) is 25.6 Å². The Balaban J connectivity index is 2.04. The van der Waals surface area contributed by atoms with Gasteiger partial charge in [-0.25, -0.2) is 8.42 Å². The maximum atomic E-state index is 12.7. The normalized spacial score (nSPS) is 12.0.